The molecule has 0 aromatic carbocycles. The highest BCUT2D eigenvalue weighted by Gasteiger charge is 2.26. The number of thiophene rings is 1. The van der Waals surface area contributed by atoms with Gasteiger partial charge in [0.1, 0.15) is 27.7 Å². The second-order valence-corrected chi connectivity index (χ2v) is 9.38. The van der Waals surface area contributed by atoms with E-state index in [2.05, 4.69) is 21.9 Å². The van der Waals surface area contributed by atoms with Crippen LogP contribution in [0.5, 0.6) is 0 Å². The lowest BCUT2D eigenvalue weighted by atomic mass is 10.2. The molecule has 27 heavy (non-hydrogen) atoms. The molecule has 0 saturated heterocycles. The number of aromatic nitrogens is 4. The summed E-state index contributed by atoms with van der Waals surface area (Å²) in [6.45, 7) is 2.08. The molecule has 0 aliphatic rings. The van der Waals surface area contributed by atoms with Gasteiger partial charge in [0.05, 0.1) is 10.9 Å². The number of unbranched alkanes of at least 4 members (excludes halogenated alkanes) is 1. The van der Waals surface area contributed by atoms with Crippen LogP contribution in [-0.2, 0) is 11.2 Å². The predicted molar refractivity (Wildman–Crippen MR) is 112 cm³/mol. The zero-order chi connectivity index (χ0) is 18.8. The van der Waals surface area contributed by atoms with E-state index in [-0.39, 0.29) is 0 Å². The molecule has 0 aliphatic carbocycles. The Morgan fingerprint density at radius 1 is 1.30 bits per heavy atom. The molecule has 0 saturated carbocycles. The van der Waals surface area contributed by atoms with Gasteiger partial charge in [0.15, 0.2) is 5.82 Å². The molecule has 138 valence electrons. The summed E-state index contributed by atoms with van der Waals surface area (Å²) >= 11 is 1.74. The monoisotopic (exact) mass is 415 g/mol. The summed E-state index contributed by atoms with van der Waals surface area (Å²) in [5.74, 6) is 1.16. The lowest BCUT2D eigenvalue weighted by Crippen LogP contribution is -2.07. The standard InChI is InChI=1S/C18H17N5OS3/c1-2-3-7-27(24)18-14(19)13-15(12-9-25-10-21-12)22-16(23-17(13)26-18)11-5-4-6-20-8-11/h4-6,8-10H,2-3,7,19H2,1H3. The number of anilines is 1. The van der Waals surface area contributed by atoms with Crippen LogP contribution in [0.4, 0.5) is 5.69 Å². The first-order valence-corrected chi connectivity index (χ1v) is 11.5. The van der Waals surface area contributed by atoms with Gasteiger partial charge in [-0.25, -0.2) is 15.0 Å². The zero-order valence-corrected chi connectivity index (χ0v) is 17.0. The van der Waals surface area contributed by atoms with Crippen molar-refractivity contribution in [1.82, 2.24) is 19.9 Å². The normalized spacial score (nSPS) is 12.5. The highest BCUT2D eigenvalue weighted by atomic mass is 32.2. The number of nitrogens with two attached hydrogens (primary N) is 1. The number of nitrogens with zero attached hydrogens (tertiary/aromatic N) is 4. The van der Waals surface area contributed by atoms with Gasteiger partial charge in [-0.2, -0.15) is 0 Å². The van der Waals surface area contributed by atoms with E-state index >= 15 is 0 Å². The van der Waals surface area contributed by atoms with Crippen molar-refractivity contribution in [3.05, 3.63) is 35.4 Å². The third-order valence-corrected chi connectivity index (χ3v) is 7.62. The first-order valence-electron chi connectivity index (χ1n) is 8.46. The number of nitrogen functional groups attached to an aromatic ring is 1. The molecular weight excluding hydrogens is 398 g/mol. The molecule has 0 amide bonds. The molecule has 6 nitrogen and oxygen atoms in total. The summed E-state index contributed by atoms with van der Waals surface area (Å²) in [5.41, 5.74) is 10.9. The topological polar surface area (TPSA) is 101 Å². The fourth-order valence-corrected chi connectivity index (χ4v) is 5.99. The van der Waals surface area contributed by atoms with Gasteiger partial charge in [-0.1, -0.05) is 24.7 Å². The maximum absolute atomic E-state index is 12.7. The Labute approximate surface area is 167 Å². The fraction of sp³-hybridized carbons (Fsp3) is 0.222. The summed E-state index contributed by atoms with van der Waals surface area (Å²) in [7, 11) is 0. The van der Waals surface area contributed by atoms with Crippen LogP contribution >= 0.6 is 22.7 Å². The molecule has 4 rings (SSSR count). The summed E-state index contributed by atoms with van der Waals surface area (Å²) in [6, 6.07) is 3.76. The second kappa shape index (κ2) is 7.89. The molecule has 4 aromatic heterocycles. The number of fused-ring (bicyclic) bond motifs is 1. The van der Waals surface area contributed by atoms with E-state index in [1.165, 1.54) is 22.7 Å². The van der Waals surface area contributed by atoms with Gasteiger partial charge in [0.25, 0.3) is 0 Å². The Bertz CT molecular complexity index is 1050. The van der Waals surface area contributed by atoms with Crippen LogP contribution in [0.3, 0.4) is 0 Å². The number of hydrogen-bond acceptors (Lipinski definition) is 8. The van der Waals surface area contributed by atoms with Crippen molar-refractivity contribution in [1.29, 1.82) is 0 Å². The molecule has 9 heteroatoms. The van der Waals surface area contributed by atoms with Crippen molar-refractivity contribution < 1.29 is 4.55 Å². The fourth-order valence-electron chi connectivity index (χ4n) is 2.68. The van der Waals surface area contributed by atoms with E-state index < -0.39 is 11.2 Å². The highest BCUT2D eigenvalue weighted by Crippen LogP contribution is 2.42. The molecule has 0 radical (unpaired) electrons. The van der Waals surface area contributed by atoms with E-state index in [0.29, 0.717) is 27.2 Å². The maximum Gasteiger partial charge on any atom is 0.232 e. The minimum atomic E-state index is -1.14. The molecule has 0 fully saturated rings. The average molecular weight is 416 g/mol. The van der Waals surface area contributed by atoms with Gasteiger partial charge < -0.3 is 10.3 Å². The number of hydrogen-bond donors (Lipinski definition) is 1. The molecule has 2 N–H and O–H groups in total. The van der Waals surface area contributed by atoms with Crippen LogP contribution in [0, 0.1) is 0 Å². The Balaban J connectivity index is 1.92. The van der Waals surface area contributed by atoms with Gasteiger partial charge >= 0.3 is 0 Å². The van der Waals surface area contributed by atoms with E-state index in [4.69, 9.17) is 10.7 Å². The summed E-state index contributed by atoms with van der Waals surface area (Å²) < 4.78 is 13.4. The van der Waals surface area contributed by atoms with Crippen molar-refractivity contribution in [2.24, 2.45) is 0 Å². The van der Waals surface area contributed by atoms with E-state index in [0.717, 1.165) is 34.3 Å². The predicted octanol–water partition coefficient (Wildman–Crippen LogP) is 4.37. The van der Waals surface area contributed by atoms with Crippen molar-refractivity contribution >= 4 is 49.8 Å². The van der Waals surface area contributed by atoms with Gasteiger partial charge in [0, 0.05) is 23.3 Å². The smallest absolute Gasteiger partial charge is 0.232 e. The quantitative estimate of drug-likeness (QED) is 0.469. The minimum Gasteiger partial charge on any atom is -0.611 e. The number of pyridine rings is 1. The van der Waals surface area contributed by atoms with Gasteiger partial charge in [-0.15, -0.1) is 11.3 Å². The van der Waals surface area contributed by atoms with Crippen LogP contribution in [0.1, 0.15) is 19.8 Å². The summed E-state index contributed by atoms with van der Waals surface area (Å²) in [6.07, 6.45) is 5.32. The lowest BCUT2D eigenvalue weighted by molar-refractivity contribution is 0.594. The molecule has 1 atom stereocenters. The van der Waals surface area contributed by atoms with Gasteiger partial charge in [-0.3, -0.25) is 4.98 Å². The van der Waals surface area contributed by atoms with Crippen molar-refractivity contribution in [2.45, 2.75) is 24.0 Å². The average Bonchev–Trinajstić information content (AvgIpc) is 3.35. The molecule has 0 aliphatic heterocycles. The second-order valence-electron chi connectivity index (χ2n) is 5.90. The van der Waals surface area contributed by atoms with Crippen LogP contribution in [0.2, 0.25) is 0 Å². The zero-order valence-electron chi connectivity index (χ0n) is 14.6. The molecule has 0 spiro atoms. The lowest BCUT2D eigenvalue weighted by Gasteiger charge is -2.08. The van der Waals surface area contributed by atoms with Gasteiger partial charge in [-0.05, 0) is 29.7 Å². The van der Waals surface area contributed by atoms with Crippen LogP contribution in [-0.4, -0.2) is 30.2 Å². The van der Waals surface area contributed by atoms with Crippen molar-refractivity contribution in [2.75, 3.05) is 11.5 Å². The Morgan fingerprint density at radius 2 is 2.19 bits per heavy atom. The first kappa shape index (κ1) is 18.3. The molecule has 0 bridgehead atoms. The summed E-state index contributed by atoms with van der Waals surface area (Å²) in [5, 5.41) is 2.66. The first-order chi connectivity index (χ1) is 13.2. The van der Waals surface area contributed by atoms with E-state index in [1.807, 2.05) is 17.5 Å². The molecule has 4 heterocycles. The Morgan fingerprint density at radius 3 is 2.89 bits per heavy atom. The number of thiazole rings is 1. The molecule has 1 unspecified atom stereocenters. The number of rotatable bonds is 6. The summed E-state index contributed by atoms with van der Waals surface area (Å²) in [4.78, 5) is 18.7. The molecule has 4 aromatic rings. The Hall–Kier alpha value is -2.07. The largest absolute Gasteiger partial charge is 0.611 e. The third-order valence-electron chi connectivity index (χ3n) is 4.04. The highest BCUT2D eigenvalue weighted by molar-refractivity contribution is 7.93. The van der Waals surface area contributed by atoms with E-state index in [9.17, 15) is 4.55 Å². The third kappa shape index (κ3) is 3.55. The van der Waals surface area contributed by atoms with E-state index in [1.54, 1.807) is 17.9 Å². The van der Waals surface area contributed by atoms with Crippen molar-refractivity contribution in [3.63, 3.8) is 0 Å². The van der Waals surface area contributed by atoms with Crippen molar-refractivity contribution in [3.8, 4) is 22.8 Å². The van der Waals surface area contributed by atoms with Crippen LogP contribution in [0.25, 0.3) is 33.0 Å². The molecular formula is C18H17N5OS3. The van der Waals surface area contributed by atoms with Crippen LogP contribution < -0.4 is 5.73 Å². The van der Waals surface area contributed by atoms with Crippen LogP contribution in [0.15, 0.2) is 39.6 Å². The Kier molecular flexibility index (Phi) is 5.35. The minimum absolute atomic E-state index is 0.505. The maximum atomic E-state index is 12.7. The van der Waals surface area contributed by atoms with Gasteiger partial charge in [0.2, 0.25) is 4.21 Å². The SMILES string of the molecule is CCCC[S+]([O-])c1sc2nc(-c3cccnc3)nc(-c3cscn3)c2c1N.